The van der Waals surface area contributed by atoms with Crippen LogP contribution in [-0.4, -0.2) is 19.9 Å². The summed E-state index contributed by atoms with van der Waals surface area (Å²) < 4.78 is 6.48. The standard InChI is InChI=1S/C44H26N4O/c1-3-12-28(13-4-1)41-46-42(29-14-5-2-6-15-29)48-43(47-41)36-23-24-45-44-40(36)35-22-21-30(26-38(35)49-44)37-25-31-20-19-27-11-7-8-16-32(27)39(31)34-18-10-9-17-33(34)37/h1-26H. The number of benzene rings is 7. The molecule has 5 nitrogen and oxygen atoms in total. The third-order valence-electron chi connectivity index (χ3n) is 9.37. The van der Waals surface area contributed by atoms with E-state index in [2.05, 4.69) is 89.9 Å². The zero-order valence-corrected chi connectivity index (χ0v) is 26.2. The largest absolute Gasteiger partial charge is 0.438 e. The highest BCUT2D eigenvalue weighted by Crippen LogP contribution is 2.41. The zero-order valence-electron chi connectivity index (χ0n) is 26.2. The Morgan fingerprint density at radius 3 is 1.78 bits per heavy atom. The number of furan rings is 1. The van der Waals surface area contributed by atoms with Gasteiger partial charge in [0.05, 0.1) is 5.39 Å². The van der Waals surface area contributed by atoms with E-state index < -0.39 is 0 Å². The second-order valence-electron chi connectivity index (χ2n) is 12.2. The molecule has 0 aliphatic heterocycles. The first kappa shape index (κ1) is 27.4. The van der Waals surface area contributed by atoms with Crippen molar-refractivity contribution in [1.29, 1.82) is 0 Å². The lowest BCUT2D eigenvalue weighted by Gasteiger charge is -2.13. The van der Waals surface area contributed by atoms with Gasteiger partial charge in [0.1, 0.15) is 5.58 Å². The van der Waals surface area contributed by atoms with Gasteiger partial charge in [-0.1, -0.05) is 127 Å². The molecule has 0 atom stereocenters. The summed E-state index contributed by atoms with van der Waals surface area (Å²) in [6, 6.07) is 52.5. The summed E-state index contributed by atoms with van der Waals surface area (Å²) in [5.74, 6) is 1.79. The number of rotatable bonds is 4. The van der Waals surface area contributed by atoms with Crippen molar-refractivity contribution < 1.29 is 4.42 Å². The molecular formula is C44H26N4O. The van der Waals surface area contributed by atoms with Crippen LogP contribution in [0.1, 0.15) is 0 Å². The lowest BCUT2D eigenvalue weighted by molar-refractivity contribution is 0.654. The fourth-order valence-corrected chi connectivity index (χ4v) is 7.10. The predicted octanol–water partition coefficient (Wildman–Crippen LogP) is 11.3. The molecule has 49 heavy (non-hydrogen) atoms. The Morgan fingerprint density at radius 2 is 1.02 bits per heavy atom. The molecule has 0 saturated heterocycles. The number of hydrogen-bond acceptors (Lipinski definition) is 5. The molecular weight excluding hydrogens is 601 g/mol. The van der Waals surface area contributed by atoms with Gasteiger partial charge in [-0.05, 0) is 67.7 Å². The Labute approximate surface area is 281 Å². The van der Waals surface area contributed by atoms with Crippen molar-refractivity contribution in [3.8, 4) is 45.3 Å². The van der Waals surface area contributed by atoms with E-state index in [1.807, 2.05) is 66.7 Å². The number of fused-ring (bicyclic) bond motifs is 8. The van der Waals surface area contributed by atoms with Gasteiger partial charge in [-0.2, -0.15) is 0 Å². The molecule has 0 bridgehead atoms. The minimum absolute atomic E-state index is 0.544. The number of pyridine rings is 1. The molecule has 0 aliphatic rings. The van der Waals surface area contributed by atoms with Crippen molar-refractivity contribution in [2.45, 2.75) is 0 Å². The van der Waals surface area contributed by atoms with Gasteiger partial charge in [-0.15, -0.1) is 0 Å². The third-order valence-corrected chi connectivity index (χ3v) is 9.37. The van der Waals surface area contributed by atoms with Gasteiger partial charge < -0.3 is 4.42 Å². The highest BCUT2D eigenvalue weighted by molar-refractivity contribution is 6.23. The Balaban J connectivity index is 1.17. The van der Waals surface area contributed by atoms with Crippen molar-refractivity contribution >= 4 is 54.4 Å². The third kappa shape index (κ3) is 4.48. The topological polar surface area (TPSA) is 64.7 Å². The highest BCUT2D eigenvalue weighted by Gasteiger charge is 2.19. The summed E-state index contributed by atoms with van der Waals surface area (Å²) in [5.41, 5.74) is 6.23. The smallest absolute Gasteiger partial charge is 0.228 e. The van der Waals surface area contributed by atoms with Crippen LogP contribution in [0.2, 0.25) is 0 Å². The normalized spacial score (nSPS) is 11.7. The molecule has 7 aromatic carbocycles. The van der Waals surface area contributed by atoms with Crippen LogP contribution >= 0.6 is 0 Å². The number of nitrogens with zero attached hydrogens (tertiary/aromatic N) is 4. The van der Waals surface area contributed by atoms with E-state index >= 15 is 0 Å². The fraction of sp³-hybridized carbons (Fsp3) is 0. The first-order chi connectivity index (χ1) is 24.3. The maximum absolute atomic E-state index is 6.48. The van der Waals surface area contributed by atoms with E-state index in [1.54, 1.807) is 6.20 Å². The molecule has 0 radical (unpaired) electrons. The summed E-state index contributed by atoms with van der Waals surface area (Å²) in [6.45, 7) is 0. The minimum atomic E-state index is 0.544. The Morgan fingerprint density at radius 1 is 0.388 bits per heavy atom. The van der Waals surface area contributed by atoms with Gasteiger partial charge in [-0.25, -0.2) is 19.9 Å². The molecule has 0 spiro atoms. The van der Waals surface area contributed by atoms with Gasteiger partial charge in [0, 0.05) is 28.3 Å². The van der Waals surface area contributed by atoms with Crippen LogP contribution in [0, 0.1) is 0 Å². The lowest BCUT2D eigenvalue weighted by Crippen LogP contribution is -2.00. The van der Waals surface area contributed by atoms with Crippen LogP contribution in [0.3, 0.4) is 0 Å². The maximum atomic E-state index is 6.48. The molecule has 10 aromatic rings. The zero-order chi connectivity index (χ0) is 32.3. The molecule has 0 aliphatic carbocycles. The Bertz CT molecular complexity index is 2820. The first-order valence-electron chi connectivity index (χ1n) is 16.3. The van der Waals surface area contributed by atoms with Crippen molar-refractivity contribution in [2.24, 2.45) is 0 Å². The molecule has 3 aromatic heterocycles. The van der Waals surface area contributed by atoms with E-state index in [9.17, 15) is 0 Å². The highest BCUT2D eigenvalue weighted by atomic mass is 16.3. The van der Waals surface area contributed by atoms with Gasteiger partial charge in [0.2, 0.25) is 5.71 Å². The van der Waals surface area contributed by atoms with Crippen LogP contribution in [0.15, 0.2) is 162 Å². The van der Waals surface area contributed by atoms with E-state index in [1.165, 1.54) is 32.3 Å². The molecule has 0 amide bonds. The van der Waals surface area contributed by atoms with Crippen LogP contribution < -0.4 is 0 Å². The molecule has 3 heterocycles. The molecule has 228 valence electrons. The van der Waals surface area contributed by atoms with Gasteiger partial charge in [0.15, 0.2) is 17.5 Å². The van der Waals surface area contributed by atoms with Crippen molar-refractivity contribution in [3.63, 3.8) is 0 Å². The van der Waals surface area contributed by atoms with Gasteiger partial charge >= 0.3 is 0 Å². The Kier molecular flexibility index (Phi) is 6.11. The molecule has 0 fully saturated rings. The monoisotopic (exact) mass is 626 g/mol. The predicted molar refractivity (Wildman–Crippen MR) is 199 cm³/mol. The maximum Gasteiger partial charge on any atom is 0.228 e. The summed E-state index contributed by atoms with van der Waals surface area (Å²) in [4.78, 5) is 19.5. The van der Waals surface area contributed by atoms with E-state index in [0.717, 1.165) is 44.2 Å². The lowest BCUT2D eigenvalue weighted by atomic mass is 9.90. The summed E-state index contributed by atoms with van der Waals surface area (Å²) >= 11 is 0. The summed E-state index contributed by atoms with van der Waals surface area (Å²) in [5, 5.41) is 9.26. The average molecular weight is 627 g/mol. The van der Waals surface area contributed by atoms with Crippen LogP contribution in [0.25, 0.3) is 99.7 Å². The van der Waals surface area contributed by atoms with Crippen molar-refractivity contribution in [3.05, 3.63) is 158 Å². The minimum Gasteiger partial charge on any atom is -0.438 e. The second kappa shape index (κ2) is 10.9. The molecule has 10 rings (SSSR count). The van der Waals surface area contributed by atoms with Crippen LogP contribution in [0.4, 0.5) is 0 Å². The Hall–Kier alpha value is -6.72. The fourth-order valence-electron chi connectivity index (χ4n) is 7.10. The number of hydrogen-bond donors (Lipinski definition) is 0. The van der Waals surface area contributed by atoms with E-state index in [-0.39, 0.29) is 0 Å². The van der Waals surface area contributed by atoms with Crippen LogP contribution in [-0.2, 0) is 0 Å². The average Bonchev–Trinajstić information content (AvgIpc) is 3.56. The van der Waals surface area contributed by atoms with Gasteiger partial charge in [-0.3, -0.25) is 0 Å². The molecule has 0 unspecified atom stereocenters. The summed E-state index contributed by atoms with van der Waals surface area (Å²) in [6.07, 6.45) is 1.76. The molecule has 0 saturated carbocycles. The number of aromatic nitrogens is 4. The van der Waals surface area contributed by atoms with E-state index in [0.29, 0.717) is 23.2 Å². The SMILES string of the molecule is c1ccc(-c2nc(-c3ccccc3)nc(-c3ccnc4oc5cc(-c6cc7ccc8ccccc8c7c7ccccc67)ccc5c34)n2)cc1. The molecule has 5 heteroatoms. The second-order valence-corrected chi connectivity index (χ2v) is 12.2. The van der Waals surface area contributed by atoms with Crippen LogP contribution in [0.5, 0.6) is 0 Å². The van der Waals surface area contributed by atoms with Crippen molar-refractivity contribution in [2.75, 3.05) is 0 Å². The van der Waals surface area contributed by atoms with E-state index in [4.69, 9.17) is 19.4 Å². The summed E-state index contributed by atoms with van der Waals surface area (Å²) in [7, 11) is 0. The molecule has 0 N–H and O–H groups in total. The quantitative estimate of drug-likeness (QED) is 0.182. The first-order valence-corrected chi connectivity index (χ1v) is 16.3. The van der Waals surface area contributed by atoms with Crippen molar-refractivity contribution in [1.82, 2.24) is 19.9 Å². The van der Waals surface area contributed by atoms with Gasteiger partial charge in [0.25, 0.3) is 0 Å².